The number of nitrogens with one attached hydrogen (secondary N) is 1. The largest absolute Gasteiger partial charge is 0.478 e. The number of thiophene rings is 1. The second kappa shape index (κ2) is 6.38. The lowest BCUT2D eigenvalue weighted by Crippen LogP contribution is -2.27. The van der Waals surface area contributed by atoms with Gasteiger partial charge in [0.05, 0.1) is 11.6 Å². The second-order valence-corrected chi connectivity index (χ2v) is 5.31. The lowest BCUT2D eigenvalue weighted by atomic mass is 10.1. The van der Waals surface area contributed by atoms with E-state index in [0.29, 0.717) is 0 Å². The molecule has 0 fully saturated rings. The zero-order chi connectivity index (χ0) is 14.5. The summed E-state index contributed by atoms with van der Waals surface area (Å²) in [7, 11) is 0. The molecular weight excluding hydrogens is 278 g/mol. The molecule has 0 radical (unpaired) electrons. The Hall–Kier alpha value is -2.08. The maximum absolute atomic E-state index is 12.1. The van der Waals surface area contributed by atoms with Gasteiger partial charge in [0.25, 0.3) is 5.91 Å². The minimum Gasteiger partial charge on any atom is -0.478 e. The standard InChI is InChI=1S/C14H15NO4S/c1-2-4-10(12-5-3-6-20-12)15-13(16)11-7-9(8-19-11)14(17)18/h3,5-8,10H,2,4H2,1H3,(H,15,16)(H,17,18). The van der Waals surface area contributed by atoms with E-state index in [1.54, 1.807) is 11.3 Å². The third kappa shape index (κ3) is 3.27. The van der Waals surface area contributed by atoms with Crippen molar-refractivity contribution in [3.63, 3.8) is 0 Å². The molecule has 0 aliphatic heterocycles. The fourth-order valence-electron chi connectivity index (χ4n) is 1.86. The van der Waals surface area contributed by atoms with E-state index in [1.165, 1.54) is 6.07 Å². The van der Waals surface area contributed by atoms with Crippen molar-refractivity contribution in [2.24, 2.45) is 0 Å². The Balaban J connectivity index is 2.09. The fourth-order valence-corrected chi connectivity index (χ4v) is 2.67. The summed E-state index contributed by atoms with van der Waals surface area (Å²) in [6.07, 6.45) is 2.82. The summed E-state index contributed by atoms with van der Waals surface area (Å²) in [6, 6.07) is 5.06. The zero-order valence-corrected chi connectivity index (χ0v) is 11.8. The first-order chi connectivity index (χ1) is 9.61. The molecule has 0 spiro atoms. The van der Waals surface area contributed by atoms with Crippen LogP contribution in [0.25, 0.3) is 0 Å². The van der Waals surface area contributed by atoms with Gasteiger partial charge >= 0.3 is 5.97 Å². The third-order valence-corrected chi connectivity index (χ3v) is 3.83. The molecule has 1 atom stereocenters. The number of furan rings is 1. The Morgan fingerprint density at radius 1 is 1.50 bits per heavy atom. The predicted octanol–water partition coefficient (Wildman–Crippen LogP) is 3.31. The molecule has 0 saturated carbocycles. The van der Waals surface area contributed by atoms with E-state index < -0.39 is 11.9 Å². The number of carbonyl (C=O) groups is 2. The molecule has 0 aliphatic carbocycles. The molecule has 5 nitrogen and oxygen atoms in total. The topological polar surface area (TPSA) is 79.5 Å². The molecule has 2 heterocycles. The molecular formula is C14H15NO4S. The Kier molecular flexibility index (Phi) is 4.57. The first-order valence-electron chi connectivity index (χ1n) is 6.28. The first kappa shape index (κ1) is 14.3. The Morgan fingerprint density at radius 3 is 2.85 bits per heavy atom. The van der Waals surface area contributed by atoms with Crippen molar-refractivity contribution < 1.29 is 19.1 Å². The molecule has 2 aromatic heterocycles. The number of hydrogen-bond donors (Lipinski definition) is 2. The number of aromatic carboxylic acids is 1. The van der Waals surface area contributed by atoms with Crippen molar-refractivity contribution >= 4 is 23.2 Å². The molecule has 2 N–H and O–H groups in total. The molecule has 0 aromatic carbocycles. The smallest absolute Gasteiger partial charge is 0.338 e. The Bertz CT molecular complexity index is 588. The van der Waals surface area contributed by atoms with Crippen molar-refractivity contribution in [3.05, 3.63) is 46.0 Å². The van der Waals surface area contributed by atoms with Crippen LogP contribution in [0.3, 0.4) is 0 Å². The van der Waals surface area contributed by atoms with Crippen molar-refractivity contribution in [1.29, 1.82) is 0 Å². The molecule has 2 rings (SSSR count). The van der Waals surface area contributed by atoms with E-state index in [4.69, 9.17) is 9.52 Å². The van der Waals surface area contributed by atoms with Crippen LogP contribution in [0.4, 0.5) is 0 Å². The highest BCUT2D eigenvalue weighted by Gasteiger charge is 2.19. The predicted molar refractivity (Wildman–Crippen MR) is 75.1 cm³/mol. The monoisotopic (exact) mass is 293 g/mol. The van der Waals surface area contributed by atoms with Crippen LogP contribution >= 0.6 is 11.3 Å². The molecule has 1 unspecified atom stereocenters. The highest BCUT2D eigenvalue weighted by Crippen LogP contribution is 2.23. The molecule has 1 amide bonds. The maximum Gasteiger partial charge on any atom is 0.338 e. The van der Waals surface area contributed by atoms with E-state index in [0.717, 1.165) is 24.0 Å². The average molecular weight is 293 g/mol. The highest BCUT2D eigenvalue weighted by atomic mass is 32.1. The van der Waals surface area contributed by atoms with E-state index >= 15 is 0 Å². The van der Waals surface area contributed by atoms with Crippen LogP contribution < -0.4 is 5.32 Å². The minimum atomic E-state index is -1.11. The molecule has 20 heavy (non-hydrogen) atoms. The van der Waals surface area contributed by atoms with Gasteiger partial charge in [-0.25, -0.2) is 4.79 Å². The molecule has 6 heteroatoms. The summed E-state index contributed by atoms with van der Waals surface area (Å²) in [5.41, 5.74) is -0.0293. The van der Waals surface area contributed by atoms with E-state index in [2.05, 4.69) is 5.32 Å². The molecule has 0 aliphatic rings. The van der Waals surface area contributed by atoms with Gasteiger partial charge in [-0.05, 0) is 17.9 Å². The molecule has 0 saturated heterocycles. The molecule has 106 valence electrons. The van der Waals surface area contributed by atoms with Gasteiger partial charge in [-0.15, -0.1) is 11.3 Å². The fraction of sp³-hybridized carbons (Fsp3) is 0.286. The van der Waals surface area contributed by atoms with Gasteiger partial charge in [-0.3, -0.25) is 4.79 Å². The third-order valence-electron chi connectivity index (χ3n) is 2.84. The summed E-state index contributed by atoms with van der Waals surface area (Å²) < 4.78 is 4.99. The lowest BCUT2D eigenvalue weighted by Gasteiger charge is -2.15. The SMILES string of the molecule is CCCC(NC(=O)c1cc(C(=O)O)co1)c1cccs1. The van der Waals surface area contributed by atoms with Gasteiger partial charge in [-0.2, -0.15) is 0 Å². The van der Waals surface area contributed by atoms with Crippen LogP contribution in [0.15, 0.2) is 34.3 Å². The van der Waals surface area contributed by atoms with Gasteiger partial charge in [0.1, 0.15) is 6.26 Å². The molecule has 2 aromatic rings. The van der Waals surface area contributed by atoms with Crippen LogP contribution in [0, 0.1) is 0 Å². The van der Waals surface area contributed by atoms with Crippen LogP contribution in [-0.2, 0) is 0 Å². The van der Waals surface area contributed by atoms with E-state index in [1.807, 2.05) is 24.4 Å². The van der Waals surface area contributed by atoms with Gasteiger partial charge in [0.2, 0.25) is 0 Å². The number of amides is 1. The lowest BCUT2D eigenvalue weighted by molar-refractivity contribution is 0.0695. The quantitative estimate of drug-likeness (QED) is 0.856. The first-order valence-corrected chi connectivity index (χ1v) is 7.16. The van der Waals surface area contributed by atoms with Crippen molar-refractivity contribution in [1.82, 2.24) is 5.32 Å². The molecule has 0 bridgehead atoms. The van der Waals surface area contributed by atoms with Crippen molar-refractivity contribution in [3.8, 4) is 0 Å². The summed E-state index contributed by atoms with van der Waals surface area (Å²) in [5, 5.41) is 13.6. The van der Waals surface area contributed by atoms with Crippen molar-refractivity contribution in [2.45, 2.75) is 25.8 Å². The van der Waals surface area contributed by atoms with Gasteiger partial charge in [-0.1, -0.05) is 19.4 Å². The van der Waals surface area contributed by atoms with Crippen LogP contribution in [0.1, 0.15) is 51.6 Å². The summed E-state index contributed by atoms with van der Waals surface area (Å²) in [6.45, 7) is 2.04. The average Bonchev–Trinajstić information content (AvgIpc) is 3.09. The van der Waals surface area contributed by atoms with E-state index in [9.17, 15) is 9.59 Å². The van der Waals surface area contributed by atoms with Gasteiger partial charge < -0.3 is 14.8 Å². The summed E-state index contributed by atoms with van der Waals surface area (Å²) >= 11 is 1.58. The Morgan fingerprint density at radius 2 is 2.30 bits per heavy atom. The van der Waals surface area contributed by atoms with Crippen molar-refractivity contribution in [2.75, 3.05) is 0 Å². The Labute approximate surface area is 120 Å². The van der Waals surface area contributed by atoms with Gasteiger partial charge in [0, 0.05) is 10.9 Å². The number of carboxylic acids is 1. The normalized spacial score (nSPS) is 12.1. The minimum absolute atomic E-state index is 0.0139. The second-order valence-electron chi connectivity index (χ2n) is 4.33. The van der Waals surface area contributed by atoms with Crippen LogP contribution in [0.5, 0.6) is 0 Å². The number of carboxylic acid groups (broad SMARTS) is 1. The zero-order valence-electron chi connectivity index (χ0n) is 11.0. The van der Waals surface area contributed by atoms with Gasteiger partial charge in [0.15, 0.2) is 5.76 Å². The maximum atomic E-state index is 12.1. The number of hydrogen-bond acceptors (Lipinski definition) is 4. The number of carbonyl (C=O) groups excluding carboxylic acids is 1. The van der Waals surface area contributed by atoms with Crippen LogP contribution in [0.2, 0.25) is 0 Å². The summed E-state index contributed by atoms with van der Waals surface area (Å²) in [4.78, 5) is 23.9. The summed E-state index contributed by atoms with van der Waals surface area (Å²) in [5.74, 6) is -1.50. The highest BCUT2D eigenvalue weighted by molar-refractivity contribution is 7.10. The number of rotatable bonds is 6. The van der Waals surface area contributed by atoms with Crippen LogP contribution in [-0.4, -0.2) is 17.0 Å². The van der Waals surface area contributed by atoms with E-state index in [-0.39, 0.29) is 17.4 Å².